The Morgan fingerprint density at radius 2 is 1.81 bits per heavy atom. The lowest BCUT2D eigenvalue weighted by atomic mass is 10.0. The van der Waals surface area contributed by atoms with Gasteiger partial charge in [0.05, 0.1) is 6.54 Å². The number of benzene rings is 2. The summed E-state index contributed by atoms with van der Waals surface area (Å²) < 4.78 is 0.930. The Kier molecular flexibility index (Phi) is 6.67. The topological polar surface area (TPSA) is 81.8 Å². The zero-order chi connectivity index (χ0) is 21.8. The van der Waals surface area contributed by atoms with Crippen molar-refractivity contribution in [3.8, 4) is 0 Å². The number of hydrogen-bond donors (Lipinski definition) is 2. The van der Waals surface area contributed by atoms with Gasteiger partial charge in [-0.2, -0.15) is 0 Å². The predicted octanol–water partition coefficient (Wildman–Crippen LogP) is 2.55. The fourth-order valence-corrected chi connectivity index (χ4v) is 4.51. The molecule has 0 saturated carbocycles. The van der Waals surface area contributed by atoms with Gasteiger partial charge in [0.2, 0.25) is 17.7 Å². The van der Waals surface area contributed by atoms with Gasteiger partial charge in [-0.3, -0.25) is 19.3 Å². The number of carbonyl (C=O) groups is 3. The second kappa shape index (κ2) is 9.62. The Morgan fingerprint density at radius 1 is 1.06 bits per heavy atom. The SMILES string of the molecule is O=C1CN(C(C(=O)N2CCC[C@H]2C(=O)Nc2ccc(Br)cc2)c2ccccc2)CCN1. The molecular weight excluding hydrogens is 460 g/mol. The van der Waals surface area contributed by atoms with Gasteiger partial charge >= 0.3 is 0 Å². The van der Waals surface area contributed by atoms with E-state index in [1.807, 2.05) is 59.5 Å². The van der Waals surface area contributed by atoms with Gasteiger partial charge in [0, 0.05) is 29.8 Å². The summed E-state index contributed by atoms with van der Waals surface area (Å²) >= 11 is 3.39. The number of piperazine rings is 1. The van der Waals surface area contributed by atoms with Crippen molar-refractivity contribution in [3.63, 3.8) is 0 Å². The van der Waals surface area contributed by atoms with Crippen molar-refractivity contribution in [1.82, 2.24) is 15.1 Å². The molecule has 4 rings (SSSR count). The Balaban J connectivity index is 1.55. The van der Waals surface area contributed by atoms with E-state index in [2.05, 4.69) is 26.6 Å². The molecule has 8 heteroatoms. The van der Waals surface area contributed by atoms with Crippen molar-refractivity contribution in [3.05, 3.63) is 64.6 Å². The second-order valence-corrected chi connectivity index (χ2v) is 8.74. The molecule has 3 amide bonds. The third kappa shape index (κ3) is 4.97. The lowest BCUT2D eigenvalue weighted by molar-refractivity contribution is -0.143. The van der Waals surface area contributed by atoms with E-state index < -0.39 is 12.1 Å². The molecule has 1 unspecified atom stereocenters. The van der Waals surface area contributed by atoms with Crippen LogP contribution in [0.4, 0.5) is 5.69 Å². The van der Waals surface area contributed by atoms with Gasteiger partial charge < -0.3 is 15.5 Å². The van der Waals surface area contributed by atoms with Crippen LogP contribution in [0.3, 0.4) is 0 Å². The standard InChI is InChI=1S/C23H25BrN4O3/c24-17-8-10-18(11-9-17)26-22(30)19-7-4-13-28(19)23(31)21(16-5-2-1-3-6-16)27-14-12-25-20(29)15-27/h1-3,5-6,8-11,19,21H,4,7,12-15H2,(H,25,29)(H,26,30)/t19-,21?/m0/s1. The highest BCUT2D eigenvalue weighted by Crippen LogP contribution is 2.29. The van der Waals surface area contributed by atoms with Crippen LogP contribution >= 0.6 is 15.9 Å². The van der Waals surface area contributed by atoms with E-state index in [1.165, 1.54) is 0 Å². The fourth-order valence-electron chi connectivity index (χ4n) is 4.24. The molecule has 7 nitrogen and oxygen atoms in total. The Morgan fingerprint density at radius 3 is 2.52 bits per heavy atom. The highest BCUT2D eigenvalue weighted by molar-refractivity contribution is 9.10. The molecule has 2 heterocycles. The molecule has 0 radical (unpaired) electrons. The fraction of sp³-hybridized carbons (Fsp3) is 0.348. The summed E-state index contributed by atoms with van der Waals surface area (Å²) in [6, 6.07) is 15.7. The number of nitrogens with one attached hydrogen (secondary N) is 2. The molecule has 2 aromatic rings. The van der Waals surface area contributed by atoms with Gasteiger partial charge in [-0.05, 0) is 42.7 Å². The van der Waals surface area contributed by atoms with E-state index in [0.29, 0.717) is 31.7 Å². The second-order valence-electron chi connectivity index (χ2n) is 7.82. The molecule has 2 fully saturated rings. The first-order valence-electron chi connectivity index (χ1n) is 10.5. The lowest BCUT2D eigenvalue weighted by Gasteiger charge is -2.37. The molecule has 0 bridgehead atoms. The average molecular weight is 485 g/mol. The van der Waals surface area contributed by atoms with Gasteiger partial charge in [0.25, 0.3) is 0 Å². The van der Waals surface area contributed by atoms with Crippen LogP contribution in [0, 0.1) is 0 Å². The lowest BCUT2D eigenvalue weighted by Crippen LogP contribution is -2.54. The monoisotopic (exact) mass is 484 g/mol. The first-order chi connectivity index (χ1) is 15.0. The Bertz CT molecular complexity index is 951. The van der Waals surface area contributed by atoms with Gasteiger partial charge in [0.1, 0.15) is 12.1 Å². The zero-order valence-corrected chi connectivity index (χ0v) is 18.7. The first-order valence-corrected chi connectivity index (χ1v) is 11.2. The zero-order valence-electron chi connectivity index (χ0n) is 17.1. The number of hydrogen-bond acceptors (Lipinski definition) is 4. The molecule has 0 spiro atoms. The van der Waals surface area contributed by atoms with Crippen molar-refractivity contribution in [2.75, 3.05) is 31.5 Å². The number of likely N-dealkylation sites (tertiary alicyclic amines) is 1. The van der Waals surface area contributed by atoms with Crippen molar-refractivity contribution in [1.29, 1.82) is 0 Å². The largest absolute Gasteiger partial charge is 0.354 e. The summed E-state index contributed by atoms with van der Waals surface area (Å²) in [5, 5.41) is 5.74. The average Bonchev–Trinajstić information content (AvgIpc) is 3.27. The maximum absolute atomic E-state index is 13.7. The van der Waals surface area contributed by atoms with Crippen LogP contribution in [0.2, 0.25) is 0 Å². The summed E-state index contributed by atoms with van der Waals surface area (Å²) in [6.07, 6.45) is 1.39. The maximum atomic E-state index is 13.7. The number of anilines is 1. The summed E-state index contributed by atoms with van der Waals surface area (Å²) in [6.45, 7) is 1.78. The number of carbonyl (C=O) groups excluding carboxylic acids is 3. The van der Waals surface area contributed by atoms with E-state index in [9.17, 15) is 14.4 Å². The molecule has 2 saturated heterocycles. The third-order valence-corrected chi connectivity index (χ3v) is 6.26. The molecular formula is C23H25BrN4O3. The maximum Gasteiger partial charge on any atom is 0.247 e. The molecule has 0 aromatic heterocycles. The number of halogens is 1. The summed E-state index contributed by atoms with van der Waals surface area (Å²) in [5.74, 6) is -0.406. The van der Waals surface area contributed by atoms with Crippen molar-refractivity contribution < 1.29 is 14.4 Å². The van der Waals surface area contributed by atoms with E-state index in [0.717, 1.165) is 16.5 Å². The van der Waals surface area contributed by atoms with Crippen molar-refractivity contribution in [2.45, 2.75) is 24.9 Å². The van der Waals surface area contributed by atoms with Crippen LogP contribution < -0.4 is 10.6 Å². The minimum atomic E-state index is -0.590. The summed E-state index contributed by atoms with van der Waals surface area (Å²) in [4.78, 5) is 42.3. The summed E-state index contributed by atoms with van der Waals surface area (Å²) in [7, 11) is 0. The molecule has 162 valence electrons. The molecule has 0 aliphatic carbocycles. The van der Waals surface area contributed by atoms with Crippen LogP contribution in [-0.4, -0.2) is 59.7 Å². The number of amides is 3. The van der Waals surface area contributed by atoms with E-state index in [4.69, 9.17) is 0 Å². The van der Waals surface area contributed by atoms with Gasteiger partial charge in [-0.1, -0.05) is 46.3 Å². The summed E-state index contributed by atoms with van der Waals surface area (Å²) in [5.41, 5.74) is 1.53. The van der Waals surface area contributed by atoms with E-state index in [1.54, 1.807) is 4.90 Å². The van der Waals surface area contributed by atoms with Crippen LogP contribution in [0.25, 0.3) is 0 Å². The third-order valence-electron chi connectivity index (χ3n) is 5.73. The number of nitrogens with zero attached hydrogens (tertiary/aromatic N) is 2. The Hall–Kier alpha value is -2.71. The van der Waals surface area contributed by atoms with E-state index >= 15 is 0 Å². The van der Waals surface area contributed by atoms with Crippen molar-refractivity contribution >= 4 is 39.3 Å². The van der Waals surface area contributed by atoms with Crippen LogP contribution in [0.1, 0.15) is 24.4 Å². The smallest absolute Gasteiger partial charge is 0.247 e. The van der Waals surface area contributed by atoms with Gasteiger partial charge in [-0.15, -0.1) is 0 Å². The molecule has 2 atom stereocenters. The molecule has 2 N–H and O–H groups in total. The highest BCUT2D eigenvalue weighted by atomic mass is 79.9. The molecule has 31 heavy (non-hydrogen) atoms. The molecule has 2 aliphatic heterocycles. The van der Waals surface area contributed by atoms with Crippen LogP contribution in [-0.2, 0) is 14.4 Å². The van der Waals surface area contributed by atoms with E-state index in [-0.39, 0.29) is 24.3 Å². The Labute approximate surface area is 189 Å². The normalized spacial score (nSPS) is 20.2. The van der Waals surface area contributed by atoms with Gasteiger partial charge in [0.15, 0.2) is 0 Å². The quantitative estimate of drug-likeness (QED) is 0.683. The minimum Gasteiger partial charge on any atom is -0.354 e. The predicted molar refractivity (Wildman–Crippen MR) is 121 cm³/mol. The first kappa shape index (κ1) is 21.5. The number of rotatable bonds is 5. The van der Waals surface area contributed by atoms with Gasteiger partial charge in [-0.25, -0.2) is 0 Å². The minimum absolute atomic E-state index is 0.0917. The molecule has 2 aromatic carbocycles. The van der Waals surface area contributed by atoms with Crippen LogP contribution in [0.5, 0.6) is 0 Å². The highest BCUT2D eigenvalue weighted by Gasteiger charge is 2.40. The van der Waals surface area contributed by atoms with Crippen molar-refractivity contribution in [2.24, 2.45) is 0 Å². The molecule has 2 aliphatic rings. The van der Waals surface area contributed by atoms with Crippen LogP contribution in [0.15, 0.2) is 59.1 Å².